The van der Waals surface area contributed by atoms with Crippen LogP contribution < -0.4 is 5.32 Å². The molecule has 1 aromatic carbocycles. The van der Waals surface area contributed by atoms with Gasteiger partial charge in [-0.15, -0.1) is 0 Å². The van der Waals surface area contributed by atoms with Crippen molar-refractivity contribution in [3.8, 4) is 0 Å². The lowest BCUT2D eigenvalue weighted by atomic mass is 9.96. The number of carbonyl (C=O) groups is 1. The predicted octanol–water partition coefficient (Wildman–Crippen LogP) is 2.26. The maximum Gasteiger partial charge on any atom is 0.254 e. The highest BCUT2D eigenvalue weighted by Crippen LogP contribution is 2.39. The Morgan fingerprint density at radius 2 is 2.24 bits per heavy atom. The number of benzene rings is 1. The molecule has 0 aliphatic heterocycles. The van der Waals surface area contributed by atoms with Gasteiger partial charge >= 0.3 is 0 Å². The first-order chi connectivity index (χ1) is 9.93. The van der Waals surface area contributed by atoms with Crippen molar-refractivity contribution in [2.24, 2.45) is 5.92 Å². The van der Waals surface area contributed by atoms with Crippen LogP contribution >= 0.6 is 12.2 Å². The minimum absolute atomic E-state index is 0.148. The zero-order valence-electron chi connectivity index (χ0n) is 11.5. The highest BCUT2D eigenvalue weighted by Gasteiger charge is 2.42. The molecule has 1 fully saturated rings. The number of hydrogen-bond acceptors (Lipinski definition) is 3. The number of aliphatic hydroxyl groups excluding tert-OH is 1. The summed E-state index contributed by atoms with van der Waals surface area (Å²) in [7, 11) is 0. The van der Waals surface area contributed by atoms with Gasteiger partial charge in [-0.25, -0.2) is 4.39 Å². The maximum absolute atomic E-state index is 13.7. The van der Waals surface area contributed by atoms with Crippen LogP contribution in [-0.4, -0.2) is 33.1 Å². The fourth-order valence-electron chi connectivity index (χ4n) is 2.60. The smallest absolute Gasteiger partial charge is 0.254 e. The Hall–Kier alpha value is -1.73. The highest BCUT2D eigenvalue weighted by atomic mass is 32.1. The molecule has 112 valence electrons. The van der Waals surface area contributed by atoms with Crippen LogP contribution in [0.25, 0.3) is 11.0 Å². The molecule has 5 nitrogen and oxygen atoms in total. The second-order valence-corrected chi connectivity index (χ2v) is 6.17. The fraction of sp³-hybridized carbons (Fsp3) is 0.429. The van der Waals surface area contributed by atoms with Gasteiger partial charge < -0.3 is 20.4 Å². The lowest BCUT2D eigenvalue weighted by molar-refractivity contribution is 0.0825. The van der Waals surface area contributed by atoms with Crippen molar-refractivity contribution < 1.29 is 14.3 Å². The highest BCUT2D eigenvalue weighted by molar-refractivity contribution is 7.71. The molecule has 21 heavy (non-hydrogen) atoms. The number of aromatic amines is 2. The van der Waals surface area contributed by atoms with E-state index in [9.17, 15) is 14.3 Å². The molecule has 7 heteroatoms. The number of aliphatic hydroxyl groups is 1. The van der Waals surface area contributed by atoms with E-state index in [2.05, 4.69) is 15.3 Å². The van der Waals surface area contributed by atoms with E-state index in [0.717, 1.165) is 12.8 Å². The minimum Gasteiger partial charge on any atom is -0.394 e. The first kappa shape index (κ1) is 14.2. The first-order valence-corrected chi connectivity index (χ1v) is 7.19. The van der Waals surface area contributed by atoms with Gasteiger partial charge in [-0.2, -0.15) is 0 Å². The molecule has 0 saturated heterocycles. The van der Waals surface area contributed by atoms with E-state index in [0.29, 0.717) is 15.8 Å². The van der Waals surface area contributed by atoms with Crippen LogP contribution in [0.1, 0.15) is 30.1 Å². The quantitative estimate of drug-likeness (QED) is 0.654. The van der Waals surface area contributed by atoms with Crippen molar-refractivity contribution in [1.29, 1.82) is 0 Å². The third kappa shape index (κ3) is 2.58. The number of H-pyrrole nitrogens is 2. The Balaban J connectivity index is 1.99. The van der Waals surface area contributed by atoms with E-state index in [-0.39, 0.29) is 18.1 Å². The van der Waals surface area contributed by atoms with Crippen LogP contribution in [0, 0.1) is 16.5 Å². The summed E-state index contributed by atoms with van der Waals surface area (Å²) in [6.07, 6.45) is 1.95. The molecule has 2 aromatic rings. The van der Waals surface area contributed by atoms with Crippen molar-refractivity contribution in [3.63, 3.8) is 0 Å². The van der Waals surface area contributed by atoms with Gasteiger partial charge in [0.15, 0.2) is 4.77 Å². The molecule has 3 rings (SSSR count). The topological polar surface area (TPSA) is 80.9 Å². The normalized spacial score (nSPS) is 17.7. The third-order valence-electron chi connectivity index (χ3n) is 4.04. The van der Waals surface area contributed by atoms with E-state index in [1.807, 2.05) is 0 Å². The molecular formula is C14H16FN3O2S. The maximum atomic E-state index is 13.7. The van der Waals surface area contributed by atoms with Crippen LogP contribution in [0.4, 0.5) is 4.39 Å². The van der Waals surface area contributed by atoms with E-state index in [4.69, 9.17) is 12.2 Å². The SMILES string of the molecule is CC(CO)(NC(=O)c1cc(F)cc2[nH]c(=S)[nH]c12)C1CC1. The summed E-state index contributed by atoms with van der Waals surface area (Å²) in [4.78, 5) is 18.1. The minimum atomic E-state index is -0.678. The lowest BCUT2D eigenvalue weighted by Gasteiger charge is -2.28. The molecule has 0 radical (unpaired) electrons. The molecule has 1 aliphatic carbocycles. The van der Waals surface area contributed by atoms with Gasteiger partial charge in [-0.1, -0.05) is 0 Å². The average Bonchev–Trinajstić information content (AvgIpc) is 3.21. The van der Waals surface area contributed by atoms with Gasteiger partial charge in [0.1, 0.15) is 5.82 Å². The summed E-state index contributed by atoms with van der Waals surface area (Å²) >= 11 is 4.98. The Morgan fingerprint density at radius 1 is 1.52 bits per heavy atom. The number of halogens is 1. The summed E-state index contributed by atoms with van der Waals surface area (Å²) in [5.74, 6) is -0.677. The second kappa shape index (κ2) is 4.92. The van der Waals surface area contributed by atoms with E-state index >= 15 is 0 Å². The van der Waals surface area contributed by atoms with Crippen LogP contribution in [0.5, 0.6) is 0 Å². The largest absolute Gasteiger partial charge is 0.394 e. The molecule has 1 heterocycles. The molecule has 1 aromatic heterocycles. The van der Waals surface area contributed by atoms with Gasteiger partial charge in [-0.3, -0.25) is 4.79 Å². The molecule has 1 unspecified atom stereocenters. The summed E-state index contributed by atoms with van der Waals surface area (Å²) < 4.78 is 14.0. The van der Waals surface area contributed by atoms with Crippen LogP contribution in [0.2, 0.25) is 0 Å². The lowest BCUT2D eigenvalue weighted by Crippen LogP contribution is -2.50. The Labute approximate surface area is 125 Å². The van der Waals surface area contributed by atoms with Crippen molar-refractivity contribution >= 4 is 29.2 Å². The fourth-order valence-corrected chi connectivity index (χ4v) is 2.82. The molecule has 0 bridgehead atoms. The number of aromatic nitrogens is 2. The van der Waals surface area contributed by atoms with Crippen molar-refractivity contribution in [3.05, 3.63) is 28.3 Å². The monoisotopic (exact) mass is 309 g/mol. The summed E-state index contributed by atoms with van der Waals surface area (Å²) in [6.45, 7) is 1.66. The summed E-state index contributed by atoms with van der Waals surface area (Å²) in [6, 6.07) is 2.45. The standard InChI is InChI=1S/C14H16FN3O2S/c1-14(6-19,7-2-3-7)18-12(20)9-4-8(15)5-10-11(9)17-13(21)16-10/h4-5,7,19H,2-3,6H2,1H3,(H,18,20)(H2,16,17,21). The van der Waals surface area contributed by atoms with Gasteiger partial charge in [0.05, 0.1) is 28.7 Å². The number of amides is 1. The third-order valence-corrected chi connectivity index (χ3v) is 4.24. The Morgan fingerprint density at radius 3 is 2.86 bits per heavy atom. The van der Waals surface area contributed by atoms with Crippen molar-refractivity contribution in [2.75, 3.05) is 6.61 Å². The van der Waals surface area contributed by atoms with E-state index in [1.165, 1.54) is 12.1 Å². The zero-order chi connectivity index (χ0) is 15.2. The van der Waals surface area contributed by atoms with E-state index in [1.54, 1.807) is 6.92 Å². The van der Waals surface area contributed by atoms with Crippen molar-refractivity contribution in [1.82, 2.24) is 15.3 Å². The number of fused-ring (bicyclic) bond motifs is 1. The van der Waals surface area contributed by atoms with Crippen LogP contribution in [-0.2, 0) is 0 Å². The van der Waals surface area contributed by atoms with Crippen LogP contribution in [0.15, 0.2) is 12.1 Å². The zero-order valence-corrected chi connectivity index (χ0v) is 12.3. The Bertz CT molecular complexity index is 765. The first-order valence-electron chi connectivity index (χ1n) is 6.78. The second-order valence-electron chi connectivity index (χ2n) is 5.76. The van der Waals surface area contributed by atoms with Gasteiger partial charge in [-0.05, 0) is 50.0 Å². The average molecular weight is 309 g/mol. The number of rotatable bonds is 4. The number of nitrogens with one attached hydrogen (secondary N) is 3. The number of carbonyl (C=O) groups excluding carboxylic acids is 1. The number of imidazole rings is 1. The molecule has 4 N–H and O–H groups in total. The Kier molecular flexibility index (Phi) is 3.33. The molecule has 1 amide bonds. The van der Waals surface area contributed by atoms with Gasteiger partial charge in [0.2, 0.25) is 0 Å². The molecule has 1 atom stereocenters. The van der Waals surface area contributed by atoms with Gasteiger partial charge in [0, 0.05) is 0 Å². The van der Waals surface area contributed by atoms with Crippen LogP contribution in [0.3, 0.4) is 0 Å². The molecule has 1 saturated carbocycles. The summed E-state index contributed by atoms with van der Waals surface area (Å²) in [5, 5.41) is 12.4. The summed E-state index contributed by atoms with van der Waals surface area (Å²) in [5.41, 5.74) is 0.415. The van der Waals surface area contributed by atoms with E-state index < -0.39 is 17.3 Å². The van der Waals surface area contributed by atoms with Crippen molar-refractivity contribution in [2.45, 2.75) is 25.3 Å². The molecule has 0 spiro atoms. The molecule has 1 aliphatic rings. The number of hydrogen-bond donors (Lipinski definition) is 4. The molecular weight excluding hydrogens is 293 g/mol. The predicted molar refractivity (Wildman–Crippen MR) is 79.1 cm³/mol. The van der Waals surface area contributed by atoms with Gasteiger partial charge in [0.25, 0.3) is 5.91 Å².